The van der Waals surface area contributed by atoms with Crippen LogP contribution in [0.15, 0.2) is 22.6 Å². The minimum Gasteiger partial charge on any atom is -0.197 e. The lowest BCUT2D eigenvalue weighted by Gasteiger charge is -1.87. The maximum Gasteiger partial charge on any atom is 0.316 e. The number of aromatic nitrogens is 3. The maximum absolute atomic E-state index is 10.3. The summed E-state index contributed by atoms with van der Waals surface area (Å²) < 4.78 is 24.0. The van der Waals surface area contributed by atoms with Crippen LogP contribution in [-0.2, 0) is 10.5 Å². The summed E-state index contributed by atoms with van der Waals surface area (Å²) in [6.45, 7) is 0. The number of nitrogens with one attached hydrogen (secondary N) is 1. The summed E-state index contributed by atoms with van der Waals surface area (Å²) in [5, 5.41) is 9.95. The van der Waals surface area contributed by atoms with Crippen molar-refractivity contribution in [1.82, 2.24) is 15.4 Å². The molecule has 1 heterocycles. The summed E-state index contributed by atoms with van der Waals surface area (Å²) in [6, 6.07) is 4.93. The Labute approximate surface area is 74.3 Å². The molecule has 0 aliphatic rings. The molecule has 0 bridgehead atoms. The van der Waals surface area contributed by atoms with Crippen LogP contribution in [-0.4, -0.2) is 23.8 Å². The number of hydrogen-bond donors (Lipinski definition) is 1. The summed E-state index contributed by atoms with van der Waals surface area (Å²) in [5.41, 5.74) is 1.33. The molecule has 0 saturated carbocycles. The Morgan fingerprint density at radius 3 is 2.92 bits per heavy atom. The molecule has 1 aromatic carbocycles. The molecule has 0 amide bonds. The van der Waals surface area contributed by atoms with Gasteiger partial charge in [0.15, 0.2) is 0 Å². The van der Waals surface area contributed by atoms with Crippen molar-refractivity contribution >= 4 is 27.2 Å². The van der Waals surface area contributed by atoms with Gasteiger partial charge in [-0.1, -0.05) is 6.07 Å². The predicted molar refractivity (Wildman–Crippen MR) is 44.9 cm³/mol. The van der Waals surface area contributed by atoms with E-state index in [2.05, 4.69) is 19.8 Å². The molecule has 2 aromatic rings. The van der Waals surface area contributed by atoms with Crippen LogP contribution in [0.1, 0.15) is 0 Å². The van der Waals surface area contributed by atoms with Gasteiger partial charge in [0.2, 0.25) is 0 Å². The molecule has 66 valence electrons. The first-order valence-electron chi connectivity index (χ1n) is 3.38. The normalized spacial score (nSPS) is 10.2. The van der Waals surface area contributed by atoms with Gasteiger partial charge in [-0.15, -0.1) is 4.36 Å². The minimum atomic E-state index is -2.46. The number of hydrogen-bond acceptors (Lipinski definition) is 5. The van der Waals surface area contributed by atoms with Gasteiger partial charge in [-0.2, -0.15) is 23.8 Å². The van der Waals surface area contributed by atoms with Crippen LogP contribution in [0.4, 0.5) is 5.69 Å². The Kier molecular flexibility index (Phi) is 1.78. The van der Waals surface area contributed by atoms with Crippen molar-refractivity contribution in [2.45, 2.75) is 0 Å². The lowest BCUT2D eigenvalue weighted by molar-refractivity contribution is 0.622. The first-order chi connectivity index (χ1) is 6.27. The molecular formula is C6H4N4O2S. The van der Waals surface area contributed by atoms with Gasteiger partial charge in [0.05, 0.1) is 0 Å². The highest BCUT2D eigenvalue weighted by Crippen LogP contribution is 2.21. The van der Waals surface area contributed by atoms with Crippen molar-refractivity contribution in [2.75, 3.05) is 0 Å². The van der Waals surface area contributed by atoms with Crippen molar-refractivity contribution in [3.63, 3.8) is 0 Å². The van der Waals surface area contributed by atoms with Crippen LogP contribution in [0, 0.1) is 0 Å². The number of para-hydroxylation sites is 1. The zero-order valence-corrected chi connectivity index (χ0v) is 7.11. The summed E-state index contributed by atoms with van der Waals surface area (Å²) in [5.74, 6) is 0. The van der Waals surface area contributed by atoms with Crippen molar-refractivity contribution < 1.29 is 8.42 Å². The van der Waals surface area contributed by atoms with E-state index in [1.165, 1.54) is 0 Å². The van der Waals surface area contributed by atoms with E-state index >= 15 is 0 Å². The molecule has 1 aromatic heterocycles. The Morgan fingerprint density at radius 2 is 2.15 bits per heavy atom. The number of benzene rings is 1. The van der Waals surface area contributed by atoms with Gasteiger partial charge in [0.25, 0.3) is 0 Å². The third-order valence-corrected chi connectivity index (χ3v) is 1.84. The second-order valence-corrected chi connectivity index (χ2v) is 2.89. The van der Waals surface area contributed by atoms with E-state index in [4.69, 9.17) is 0 Å². The summed E-state index contributed by atoms with van der Waals surface area (Å²) in [4.78, 5) is 0. The molecule has 0 aliphatic carbocycles. The van der Waals surface area contributed by atoms with Crippen molar-refractivity contribution in [3.05, 3.63) is 18.2 Å². The number of rotatable bonds is 1. The molecule has 0 atom stereocenters. The second-order valence-electron chi connectivity index (χ2n) is 2.28. The molecule has 13 heavy (non-hydrogen) atoms. The van der Waals surface area contributed by atoms with Gasteiger partial charge in [-0.05, 0) is 12.1 Å². The van der Waals surface area contributed by atoms with Crippen LogP contribution in [0.25, 0.3) is 11.0 Å². The molecule has 0 radical (unpaired) electrons. The highest BCUT2D eigenvalue weighted by atomic mass is 32.2. The van der Waals surface area contributed by atoms with E-state index in [9.17, 15) is 8.42 Å². The monoisotopic (exact) mass is 196 g/mol. The summed E-state index contributed by atoms with van der Waals surface area (Å²) in [7, 11) is -2.46. The highest BCUT2D eigenvalue weighted by Gasteiger charge is 2.02. The fraction of sp³-hybridized carbons (Fsp3) is 0. The smallest absolute Gasteiger partial charge is 0.197 e. The van der Waals surface area contributed by atoms with Gasteiger partial charge in [0, 0.05) is 0 Å². The van der Waals surface area contributed by atoms with E-state index in [1.807, 2.05) is 0 Å². The van der Waals surface area contributed by atoms with E-state index in [0.29, 0.717) is 16.7 Å². The number of nitrogens with zero attached hydrogens (tertiary/aromatic N) is 3. The first-order valence-corrected chi connectivity index (χ1v) is 4.41. The van der Waals surface area contributed by atoms with Crippen molar-refractivity contribution in [1.29, 1.82) is 0 Å². The molecule has 6 nitrogen and oxygen atoms in total. The van der Waals surface area contributed by atoms with Gasteiger partial charge >= 0.3 is 10.5 Å². The molecule has 0 unspecified atom stereocenters. The van der Waals surface area contributed by atoms with Crippen molar-refractivity contribution in [3.8, 4) is 0 Å². The molecule has 2 rings (SSSR count). The third-order valence-electron chi connectivity index (χ3n) is 1.50. The van der Waals surface area contributed by atoms with Gasteiger partial charge in [0.1, 0.15) is 16.7 Å². The van der Waals surface area contributed by atoms with Crippen LogP contribution < -0.4 is 0 Å². The Morgan fingerprint density at radius 1 is 1.31 bits per heavy atom. The lowest BCUT2D eigenvalue weighted by Crippen LogP contribution is -1.70. The average molecular weight is 196 g/mol. The first kappa shape index (κ1) is 7.87. The second kappa shape index (κ2) is 2.94. The van der Waals surface area contributed by atoms with Gasteiger partial charge < -0.3 is 0 Å². The molecule has 7 heteroatoms. The maximum atomic E-state index is 10.3. The zero-order chi connectivity index (χ0) is 9.26. The molecule has 0 spiro atoms. The van der Waals surface area contributed by atoms with E-state index in [1.54, 1.807) is 18.2 Å². The molecule has 0 aliphatic heterocycles. The van der Waals surface area contributed by atoms with E-state index < -0.39 is 10.5 Å². The average Bonchev–Trinajstić information content (AvgIpc) is 2.51. The van der Waals surface area contributed by atoms with Crippen LogP contribution in [0.3, 0.4) is 0 Å². The van der Waals surface area contributed by atoms with E-state index in [-0.39, 0.29) is 0 Å². The predicted octanol–water partition coefficient (Wildman–Crippen LogP) is 0.652. The van der Waals surface area contributed by atoms with E-state index in [0.717, 1.165) is 0 Å². The van der Waals surface area contributed by atoms with Gasteiger partial charge in [-0.3, -0.25) is 0 Å². The van der Waals surface area contributed by atoms with Crippen LogP contribution >= 0.6 is 0 Å². The standard InChI is InChI=1S/C6H4N4O2S/c11-13(12)9-5-3-1-2-4-6(5)8-10-7-4/h1-3H,(H,7,8,10). The summed E-state index contributed by atoms with van der Waals surface area (Å²) in [6.07, 6.45) is 0. The fourth-order valence-electron chi connectivity index (χ4n) is 1.01. The lowest BCUT2D eigenvalue weighted by atomic mass is 10.3. The quantitative estimate of drug-likeness (QED) is 0.725. The van der Waals surface area contributed by atoms with Gasteiger partial charge in [-0.25, -0.2) is 0 Å². The Hall–Kier alpha value is -1.76. The molecule has 1 N–H and O–H groups in total. The Bertz CT molecular complexity index is 563. The fourth-order valence-corrected chi connectivity index (χ4v) is 1.32. The topological polar surface area (TPSA) is 88.1 Å². The number of aromatic amines is 1. The number of fused-ring (bicyclic) bond motifs is 1. The van der Waals surface area contributed by atoms with Crippen LogP contribution in [0.5, 0.6) is 0 Å². The summed E-state index contributed by atoms with van der Waals surface area (Å²) >= 11 is 0. The van der Waals surface area contributed by atoms with Crippen molar-refractivity contribution in [2.24, 2.45) is 4.36 Å². The SMILES string of the molecule is O=S(=O)=Nc1cccc2n[nH]nc12. The molecule has 0 fully saturated rings. The Balaban J connectivity index is 2.82. The van der Waals surface area contributed by atoms with Crippen LogP contribution in [0.2, 0.25) is 0 Å². The highest BCUT2D eigenvalue weighted by molar-refractivity contribution is 7.61. The third kappa shape index (κ3) is 1.41. The number of H-pyrrole nitrogens is 1. The zero-order valence-electron chi connectivity index (χ0n) is 6.30. The molecule has 0 saturated heterocycles. The minimum absolute atomic E-state index is 0.291. The largest absolute Gasteiger partial charge is 0.316 e. The molecular weight excluding hydrogens is 192 g/mol.